The van der Waals surface area contributed by atoms with E-state index in [9.17, 15) is 5.11 Å². The maximum atomic E-state index is 9.94. The molecule has 1 atom stereocenters. The molecule has 16 heavy (non-hydrogen) atoms. The summed E-state index contributed by atoms with van der Waals surface area (Å²) in [7, 11) is 2.02. The molecule has 1 aromatic carbocycles. The van der Waals surface area contributed by atoms with E-state index >= 15 is 0 Å². The Morgan fingerprint density at radius 2 is 2.06 bits per heavy atom. The monoisotopic (exact) mass is 219 g/mol. The van der Waals surface area contributed by atoms with Crippen molar-refractivity contribution in [2.24, 2.45) is 0 Å². The molecule has 1 rings (SSSR count). The lowest BCUT2D eigenvalue weighted by Gasteiger charge is -2.24. The van der Waals surface area contributed by atoms with Crippen LogP contribution in [0.15, 0.2) is 36.4 Å². The predicted octanol–water partition coefficient (Wildman–Crippen LogP) is 3.14. The van der Waals surface area contributed by atoms with Gasteiger partial charge in [0, 0.05) is 24.8 Å². The smallest absolute Gasteiger partial charge is 0.0807 e. The fourth-order valence-electron chi connectivity index (χ4n) is 1.83. The van der Waals surface area contributed by atoms with Gasteiger partial charge in [0.15, 0.2) is 0 Å². The standard InChI is InChI=1S/C14H21NO/c1-5-14(16)12-8-6-7-9-13(12)15(4)10-11(2)3/h6-9,14,16H,2,5,10H2,1,3-4H3/t14-/m0/s1. The summed E-state index contributed by atoms with van der Waals surface area (Å²) in [4.78, 5) is 2.12. The quantitative estimate of drug-likeness (QED) is 0.769. The van der Waals surface area contributed by atoms with E-state index in [2.05, 4.69) is 11.5 Å². The van der Waals surface area contributed by atoms with Gasteiger partial charge in [-0.15, -0.1) is 0 Å². The second kappa shape index (κ2) is 5.71. The van der Waals surface area contributed by atoms with Crippen LogP contribution in [0.1, 0.15) is 31.9 Å². The van der Waals surface area contributed by atoms with Crippen molar-refractivity contribution in [3.8, 4) is 0 Å². The third-order valence-electron chi connectivity index (χ3n) is 2.60. The van der Waals surface area contributed by atoms with Gasteiger partial charge in [0.1, 0.15) is 0 Å². The average molecular weight is 219 g/mol. The van der Waals surface area contributed by atoms with Crippen molar-refractivity contribution in [3.05, 3.63) is 42.0 Å². The van der Waals surface area contributed by atoms with Crippen molar-refractivity contribution >= 4 is 5.69 Å². The SMILES string of the molecule is C=C(C)CN(C)c1ccccc1[C@@H](O)CC. The summed E-state index contributed by atoms with van der Waals surface area (Å²) in [5, 5.41) is 9.94. The molecule has 1 N–H and O–H groups in total. The van der Waals surface area contributed by atoms with Crippen LogP contribution in [0.4, 0.5) is 5.69 Å². The number of nitrogens with zero attached hydrogens (tertiary/aromatic N) is 1. The molecule has 0 aliphatic rings. The molecule has 2 nitrogen and oxygen atoms in total. The molecule has 0 heterocycles. The van der Waals surface area contributed by atoms with Crippen molar-refractivity contribution in [2.45, 2.75) is 26.4 Å². The van der Waals surface area contributed by atoms with Crippen molar-refractivity contribution in [1.82, 2.24) is 0 Å². The van der Waals surface area contributed by atoms with Gasteiger partial charge in [-0.3, -0.25) is 0 Å². The first-order valence-electron chi connectivity index (χ1n) is 5.68. The lowest BCUT2D eigenvalue weighted by atomic mass is 10.0. The minimum absolute atomic E-state index is 0.385. The Bertz CT molecular complexity index is 360. The molecule has 0 unspecified atom stereocenters. The highest BCUT2D eigenvalue weighted by molar-refractivity contribution is 5.54. The van der Waals surface area contributed by atoms with Gasteiger partial charge < -0.3 is 10.0 Å². The summed E-state index contributed by atoms with van der Waals surface area (Å²) in [5.74, 6) is 0. The molecule has 0 bridgehead atoms. The summed E-state index contributed by atoms with van der Waals surface area (Å²) >= 11 is 0. The third kappa shape index (κ3) is 3.11. The molecule has 0 spiro atoms. The summed E-state index contributed by atoms with van der Waals surface area (Å²) < 4.78 is 0. The Kier molecular flexibility index (Phi) is 4.56. The third-order valence-corrected chi connectivity index (χ3v) is 2.60. The van der Waals surface area contributed by atoms with Crippen molar-refractivity contribution in [1.29, 1.82) is 0 Å². The van der Waals surface area contributed by atoms with Crippen LogP contribution >= 0.6 is 0 Å². The zero-order chi connectivity index (χ0) is 12.1. The second-order valence-electron chi connectivity index (χ2n) is 4.30. The van der Waals surface area contributed by atoms with Gasteiger partial charge in [-0.25, -0.2) is 0 Å². The minimum Gasteiger partial charge on any atom is -0.388 e. The van der Waals surface area contributed by atoms with E-state index in [-0.39, 0.29) is 6.10 Å². The molecule has 0 aliphatic carbocycles. The van der Waals surface area contributed by atoms with E-state index in [1.165, 1.54) is 0 Å². The molecule has 2 heteroatoms. The molecule has 0 saturated carbocycles. The molecule has 0 aliphatic heterocycles. The van der Waals surface area contributed by atoms with Crippen LogP contribution in [-0.4, -0.2) is 18.7 Å². The summed E-state index contributed by atoms with van der Waals surface area (Å²) in [6.07, 6.45) is 0.349. The van der Waals surface area contributed by atoms with Gasteiger partial charge >= 0.3 is 0 Å². The Labute approximate surface area is 98.2 Å². The Morgan fingerprint density at radius 1 is 1.44 bits per heavy atom. The number of aliphatic hydroxyl groups is 1. The van der Waals surface area contributed by atoms with E-state index in [0.29, 0.717) is 0 Å². The summed E-state index contributed by atoms with van der Waals surface area (Å²) in [5.41, 5.74) is 3.19. The lowest BCUT2D eigenvalue weighted by Crippen LogP contribution is -2.21. The van der Waals surface area contributed by atoms with Crippen LogP contribution in [-0.2, 0) is 0 Å². The van der Waals surface area contributed by atoms with E-state index in [0.717, 1.165) is 29.8 Å². The first-order valence-corrected chi connectivity index (χ1v) is 5.68. The lowest BCUT2D eigenvalue weighted by molar-refractivity contribution is 0.174. The summed E-state index contributed by atoms with van der Waals surface area (Å²) in [6.45, 7) is 8.72. The fraction of sp³-hybridized carbons (Fsp3) is 0.429. The number of hydrogen-bond donors (Lipinski definition) is 1. The highest BCUT2D eigenvalue weighted by atomic mass is 16.3. The number of anilines is 1. The largest absolute Gasteiger partial charge is 0.388 e. The zero-order valence-electron chi connectivity index (χ0n) is 10.4. The molecule has 0 saturated heterocycles. The van der Waals surface area contributed by atoms with E-state index < -0.39 is 0 Å². The summed E-state index contributed by atoms with van der Waals surface area (Å²) in [6, 6.07) is 7.98. The van der Waals surface area contributed by atoms with Crippen LogP contribution in [0, 0.1) is 0 Å². The minimum atomic E-state index is -0.385. The van der Waals surface area contributed by atoms with Gasteiger partial charge in [0.05, 0.1) is 6.10 Å². The average Bonchev–Trinajstić information content (AvgIpc) is 2.27. The van der Waals surface area contributed by atoms with Gasteiger partial charge in [0.2, 0.25) is 0 Å². The maximum Gasteiger partial charge on any atom is 0.0807 e. The van der Waals surface area contributed by atoms with Gasteiger partial charge in [-0.1, -0.05) is 37.3 Å². The molecular formula is C14H21NO. The van der Waals surface area contributed by atoms with E-state index in [1.54, 1.807) is 0 Å². The molecule has 88 valence electrons. The number of hydrogen-bond acceptors (Lipinski definition) is 2. The van der Waals surface area contributed by atoms with Crippen molar-refractivity contribution < 1.29 is 5.11 Å². The van der Waals surface area contributed by atoms with Gasteiger partial charge in [0.25, 0.3) is 0 Å². The van der Waals surface area contributed by atoms with Gasteiger partial charge in [-0.05, 0) is 19.4 Å². The first kappa shape index (κ1) is 12.8. The highest BCUT2D eigenvalue weighted by Gasteiger charge is 2.12. The van der Waals surface area contributed by atoms with Crippen LogP contribution in [0.25, 0.3) is 0 Å². The van der Waals surface area contributed by atoms with Crippen molar-refractivity contribution in [2.75, 3.05) is 18.5 Å². The number of para-hydroxylation sites is 1. The Hall–Kier alpha value is -1.28. The van der Waals surface area contributed by atoms with Crippen LogP contribution in [0.5, 0.6) is 0 Å². The maximum absolute atomic E-state index is 9.94. The van der Waals surface area contributed by atoms with Crippen molar-refractivity contribution in [3.63, 3.8) is 0 Å². The predicted molar refractivity (Wildman–Crippen MR) is 69.8 cm³/mol. The van der Waals surface area contributed by atoms with Crippen LogP contribution in [0.2, 0.25) is 0 Å². The number of likely N-dealkylation sites (N-methyl/N-ethyl adjacent to an activating group) is 1. The van der Waals surface area contributed by atoms with Crippen LogP contribution in [0.3, 0.4) is 0 Å². The van der Waals surface area contributed by atoms with E-state index in [4.69, 9.17) is 0 Å². The van der Waals surface area contributed by atoms with Crippen LogP contribution < -0.4 is 4.90 Å². The first-order chi connectivity index (χ1) is 7.56. The zero-order valence-corrected chi connectivity index (χ0v) is 10.4. The fourth-order valence-corrected chi connectivity index (χ4v) is 1.83. The molecule has 0 amide bonds. The Balaban J connectivity index is 2.98. The number of rotatable bonds is 5. The molecule has 1 aromatic rings. The second-order valence-corrected chi connectivity index (χ2v) is 4.30. The van der Waals surface area contributed by atoms with E-state index in [1.807, 2.05) is 45.2 Å². The number of benzene rings is 1. The molecular weight excluding hydrogens is 198 g/mol. The highest BCUT2D eigenvalue weighted by Crippen LogP contribution is 2.27. The molecule has 0 aromatic heterocycles. The molecule has 0 fully saturated rings. The normalized spacial score (nSPS) is 12.2. The Morgan fingerprint density at radius 3 is 2.62 bits per heavy atom. The van der Waals surface area contributed by atoms with Gasteiger partial charge in [-0.2, -0.15) is 0 Å². The molecule has 0 radical (unpaired) electrons. The number of aliphatic hydroxyl groups excluding tert-OH is 1. The topological polar surface area (TPSA) is 23.5 Å².